The average Bonchev–Trinajstić information content (AvgIpc) is 3.47. The molecule has 1 fully saturated rings. The summed E-state index contributed by atoms with van der Waals surface area (Å²) in [7, 11) is 1.41. The maximum absolute atomic E-state index is 14.4. The van der Waals surface area contributed by atoms with Gasteiger partial charge in [-0.25, -0.2) is 14.4 Å². The molecule has 11 heteroatoms. The van der Waals surface area contributed by atoms with E-state index in [0.717, 1.165) is 18.5 Å². The first-order valence-corrected chi connectivity index (χ1v) is 11.4. The topological polar surface area (TPSA) is 120 Å². The number of aromatic nitrogens is 6. The Kier molecular flexibility index (Phi) is 5.51. The maximum Gasteiger partial charge on any atom is 0.223 e. The lowest BCUT2D eigenvalue weighted by atomic mass is 9.92. The van der Waals surface area contributed by atoms with Gasteiger partial charge in [-0.2, -0.15) is 9.61 Å². The molecule has 1 aliphatic rings. The number of piperidine rings is 1. The number of benzene rings is 1. The Labute approximate surface area is 196 Å². The molecule has 1 saturated heterocycles. The number of aliphatic hydroxyl groups is 1. The minimum Gasteiger partial charge on any atom is -0.494 e. The normalized spacial score (nSPS) is 20.7. The lowest BCUT2D eigenvalue weighted by Gasteiger charge is -2.37. The van der Waals surface area contributed by atoms with Crippen molar-refractivity contribution in [3.8, 4) is 5.75 Å². The first-order valence-electron chi connectivity index (χ1n) is 11.4. The van der Waals surface area contributed by atoms with Crippen molar-refractivity contribution in [2.45, 2.75) is 57.7 Å². The number of nitrogen functional groups attached to an aromatic ring is 1. The van der Waals surface area contributed by atoms with Crippen molar-refractivity contribution in [3.05, 3.63) is 36.2 Å². The first kappa shape index (κ1) is 22.3. The van der Waals surface area contributed by atoms with Crippen molar-refractivity contribution >= 4 is 28.2 Å². The van der Waals surface area contributed by atoms with Crippen LogP contribution in [0.25, 0.3) is 16.6 Å². The van der Waals surface area contributed by atoms with E-state index in [4.69, 9.17) is 15.5 Å². The van der Waals surface area contributed by atoms with Crippen molar-refractivity contribution in [1.82, 2.24) is 29.4 Å². The molecule has 0 radical (unpaired) electrons. The number of anilines is 2. The molecule has 4 aromatic rings. The number of rotatable bonds is 5. The van der Waals surface area contributed by atoms with E-state index in [9.17, 15) is 9.50 Å². The van der Waals surface area contributed by atoms with Gasteiger partial charge in [0.2, 0.25) is 5.95 Å². The molecule has 0 bridgehead atoms. The lowest BCUT2D eigenvalue weighted by Crippen LogP contribution is -2.41. The Hall–Kier alpha value is -3.47. The largest absolute Gasteiger partial charge is 0.494 e. The molecule has 1 aliphatic heterocycles. The molecule has 34 heavy (non-hydrogen) atoms. The molecular formula is C23H29FN8O2. The third-order valence-electron chi connectivity index (χ3n) is 6.87. The van der Waals surface area contributed by atoms with Gasteiger partial charge in [-0.1, -0.05) is 0 Å². The molecule has 0 saturated carbocycles. The minimum absolute atomic E-state index is 0.0613. The van der Waals surface area contributed by atoms with Crippen molar-refractivity contribution in [2.24, 2.45) is 0 Å². The van der Waals surface area contributed by atoms with Crippen LogP contribution in [0.3, 0.4) is 0 Å². The SMILES string of the molecule is COc1cc2nc(N)n3nc([C@H]4CC[C@H](C)N(c5cnn(C(C)C(C)O)c5)C4)nc3c2cc1F. The summed E-state index contributed by atoms with van der Waals surface area (Å²) in [5, 5.41) is 19.5. The number of methoxy groups -OCH3 is 1. The van der Waals surface area contributed by atoms with E-state index in [-0.39, 0.29) is 23.7 Å². The van der Waals surface area contributed by atoms with Gasteiger partial charge in [0, 0.05) is 36.2 Å². The van der Waals surface area contributed by atoms with Crippen LogP contribution in [0.2, 0.25) is 0 Å². The van der Waals surface area contributed by atoms with Gasteiger partial charge in [0.1, 0.15) is 0 Å². The lowest BCUT2D eigenvalue weighted by molar-refractivity contribution is 0.132. The fourth-order valence-corrected chi connectivity index (χ4v) is 4.57. The number of hydrogen-bond acceptors (Lipinski definition) is 8. The molecule has 3 aromatic heterocycles. The second-order valence-electron chi connectivity index (χ2n) is 9.11. The van der Waals surface area contributed by atoms with E-state index >= 15 is 0 Å². The van der Waals surface area contributed by atoms with Crippen LogP contribution in [0.1, 0.15) is 51.4 Å². The Morgan fingerprint density at radius 3 is 2.76 bits per heavy atom. The second-order valence-corrected chi connectivity index (χ2v) is 9.11. The van der Waals surface area contributed by atoms with Gasteiger partial charge < -0.3 is 20.5 Å². The van der Waals surface area contributed by atoms with Crippen LogP contribution in [-0.4, -0.2) is 60.3 Å². The van der Waals surface area contributed by atoms with E-state index in [1.807, 2.05) is 19.3 Å². The zero-order valence-electron chi connectivity index (χ0n) is 19.7. The monoisotopic (exact) mass is 468 g/mol. The highest BCUT2D eigenvalue weighted by atomic mass is 19.1. The second kappa shape index (κ2) is 8.39. The third-order valence-corrected chi connectivity index (χ3v) is 6.87. The zero-order valence-corrected chi connectivity index (χ0v) is 19.7. The molecule has 5 rings (SSSR count). The summed E-state index contributed by atoms with van der Waals surface area (Å²) < 4.78 is 22.8. The van der Waals surface area contributed by atoms with Gasteiger partial charge in [0.05, 0.1) is 36.7 Å². The van der Waals surface area contributed by atoms with Gasteiger partial charge in [0.25, 0.3) is 0 Å². The summed E-state index contributed by atoms with van der Waals surface area (Å²) in [4.78, 5) is 11.4. The summed E-state index contributed by atoms with van der Waals surface area (Å²) >= 11 is 0. The van der Waals surface area contributed by atoms with Gasteiger partial charge in [-0.15, -0.1) is 5.10 Å². The highest BCUT2D eigenvalue weighted by Crippen LogP contribution is 2.34. The number of nitrogens with zero attached hydrogens (tertiary/aromatic N) is 7. The quantitative estimate of drug-likeness (QED) is 0.459. The van der Waals surface area contributed by atoms with Crippen LogP contribution >= 0.6 is 0 Å². The fourth-order valence-electron chi connectivity index (χ4n) is 4.57. The highest BCUT2D eigenvalue weighted by Gasteiger charge is 2.31. The van der Waals surface area contributed by atoms with Crippen molar-refractivity contribution in [1.29, 1.82) is 0 Å². The van der Waals surface area contributed by atoms with E-state index < -0.39 is 11.9 Å². The molecule has 0 aliphatic carbocycles. The predicted molar refractivity (Wildman–Crippen MR) is 127 cm³/mol. The highest BCUT2D eigenvalue weighted by molar-refractivity contribution is 5.93. The Bertz CT molecular complexity index is 1350. The van der Waals surface area contributed by atoms with Gasteiger partial charge in [-0.3, -0.25) is 4.68 Å². The molecule has 0 spiro atoms. The smallest absolute Gasteiger partial charge is 0.223 e. The van der Waals surface area contributed by atoms with Crippen LogP contribution in [0, 0.1) is 5.82 Å². The number of fused-ring (bicyclic) bond motifs is 3. The molecule has 3 N–H and O–H groups in total. The van der Waals surface area contributed by atoms with Gasteiger partial charge in [-0.05, 0) is 39.7 Å². The first-order chi connectivity index (χ1) is 16.3. The number of nitrogens with two attached hydrogens (primary N) is 1. The summed E-state index contributed by atoms with van der Waals surface area (Å²) in [6.07, 6.45) is 5.18. The Morgan fingerprint density at radius 2 is 2.03 bits per heavy atom. The van der Waals surface area contributed by atoms with Crippen LogP contribution in [0.15, 0.2) is 24.5 Å². The van der Waals surface area contributed by atoms with Crippen LogP contribution < -0.4 is 15.4 Å². The molecular weight excluding hydrogens is 439 g/mol. The van der Waals surface area contributed by atoms with Crippen molar-refractivity contribution < 1.29 is 14.2 Å². The Morgan fingerprint density at radius 1 is 1.24 bits per heavy atom. The Balaban J connectivity index is 1.49. The summed E-state index contributed by atoms with van der Waals surface area (Å²) in [6, 6.07) is 3.08. The fraction of sp³-hybridized carbons (Fsp3) is 0.478. The third kappa shape index (κ3) is 3.69. The van der Waals surface area contributed by atoms with E-state index in [0.29, 0.717) is 35.0 Å². The van der Waals surface area contributed by atoms with Crippen molar-refractivity contribution in [2.75, 3.05) is 24.3 Å². The number of hydrogen-bond donors (Lipinski definition) is 2. The van der Waals surface area contributed by atoms with E-state index in [1.54, 1.807) is 11.6 Å². The molecule has 180 valence electrons. The molecule has 4 heterocycles. The molecule has 1 aromatic carbocycles. The van der Waals surface area contributed by atoms with Gasteiger partial charge >= 0.3 is 0 Å². The van der Waals surface area contributed by atoms with E-state index in [1.165, 1.54) is 23.8 Å². The molecule has 0 amide bonds. The predicted octanol–water partition coefficient (Wildman–Crippen LogP) is 2.92. The summed E-state index contributed by atoms with van der Waals surface area (Å²) in [5.41, 5.74) is 8.13. The summed E-state index contributed by atoms with van der Waals surface area (Å²) in [5.74, 6) is 0.509. The van der Waals surface area contributed by atoms with Crippen molar-refractivity contribution in [3.63, 3.8) is 0 Å². The summed E-state index contributed by atoms with van der Waals surface area (Å²) in [6.45, 7) is 6.59. The average molecular weight is 469 g/mol. The molecule has 2 unspecified atom stereocenters. The van der Waals surface area contributed by atoms with Crippen LogP contribution in [0.5, 0.6) is 5.75 Å². The number of halogens is 1. The molecule has 4 atom stereocenters. The minimum atomic E-state index is -0.500. The van der Waals surface area contributed by atoms with Gasteiger partial charge in [0.15, 0.2) is 23.0 Å². The number of aliphatic hydroxyl groups excluding tert-OH is 1. The maximum atomic E-state index is 14.4. The molecule has 10 nitrogen and oxygen atoms in total. The zero-order chi connectivity index (χ0) is 24.1. The number of ether oxygens (including phenoxy) is 1. The van der Waals surface area contributed by atoms with Crippen LogP contribution in [-0.2, 0) is 0 Å². The van der Waals surface area contributed by atoms with E-state index in [2.05, 4.69) is 27.0 Å². The van der Waals surface area contributed by atoms with Crippen LogP contribution in [0.4, 0.5) is 16.0 Å². The standard InChI is InChI=1S/C23H29FN8O2/c1-12-5-6-15(10-30(12)16-9-26-31(11-16)13(2)14(3)33)21-28-22-17-7-18(24)20(34-4)8-19(17)27-23(25)32(22)29-21/h7-9,11-15,33H,5-6,10H2,1-4H3,(H2,25,27)/t12-,13?,14?,15-/m0/s1.